The summed E-state index contributed by atoms with van der Waals surface area (Å²) < 4.78 is 8.32. The second kappa shape index (κ2) is 4.42. The van der Waals surface area contributed by atoms with Crippen LogP contribution in [0.5, 0.6) is 0 Å². The van der Waals surface area contributed by atoms with Crippen molar-refractivity contribution in [3.63, 3.8) is 0 Å². The molecule has 16 heavy (non-hydrogen) atoms. The van der Waals surface area contributed by atoms with Crippen molar-refractivity contribution in [2.45, 2.75) is 6.42 Å². The minimum atomic E-state index is -1.16. The second-order valence-corrected chi connectivity index (χ2v) is 4.16. The molecule has 1 aromatic heterocycles. The Morgan fingerprint density at radius 1 is 1.38 bits per heavy atom. The summed E-state index contributed by atoms with van der Waals surface area (Å²) in [6, 6.07) is 5.23. The number of amides is 1. The number of carbonyl (C=O) groups is 2. The Labute approximate surface area is 96.5 Å². The molecule has 2 aromatic rings. The average molecular weight is 284 g/mol. The quantitative estimate of drug-likeness (QED) is 0.616. The number of hydrogen-bond donors (Lipinski definition) is 2. The van der Waals surface area contributed by atoms with E-state index in [0.717, 1.165) is 5.52 Å². The van der Waals surface area contributed by atoms with Crippen molar-refractivity contribution in [1.82, 2.24) is 7.96 Å². The van der Waals surface area contributed by atoms with Gasteiger partial charge in [-0.3, -0.25) is 0 Å². The van der Waals surface area contributed by atoms with Crippen molar-refractivity contribution >= 4 is 43.6 Å². The molecular formula is C9H7N3O3Se. The van der Waals surface area contributed by atoms with Crippen LogP contribution in [0.4, 0.5) is 5.69 Å². The predicted octanol–water partition coefficient (Wildman–Crippen LogP) is 0.1000. The Morgan fingerprint density at radius 3 is 2.94 bits per heavy atom. The van der Waals surface area contributed by atoms with Gasteiger partial charge in [0.05, 0.1) is 0 Å². The third-order valence-corrected chi connectivity index (χ3v) is 3.01. The van der Waals surface area contributed by atoms with Gasteiger partial charge in [-0.2, -0.15) is 0 Å². The molecule has 0 radical (unpaired) electrons. The standard InChI is InChI=1S/C9H7N3O3Se/c13-7(4-8(14)15)10-5-2-1-3-6-9(5)12-16-11-6/h1-3H,4H2,(H,10,13)(H,14,15). The number of rotatable bonds is 3. The number of carboxylic acids is 1. The van der Waals surface area contributed by atoms with E-state index in [1.54, 1.807) is 18.2 Å². The number of nitrogens with one attached hydrogen (secondary N) is 1. The molecule has 0 saturated heterocycles. The van der Waals surface area contributed by atoms with E-state index >= 15 is 0 Å². The number of carbonyl (C=O) groups excluding carboxylic acids is 1. The fraction of sp³-hybridized carbons (Fsp3) is 0.111. The molecule has 82 valence electrons. The van der Waals surface area contributed by atoms with Crippen LogP contribution in [0.3, 0.4) is 0 Å². The number of fused-ring (bicyclic) bond motifs is 1. The Kier molecular flexibility index (Phi) is 2.98. The minimum absolute atomic E-state index is 0.171. The van der Waals surface area contributed by atoms with E-state index in [2.05, 4.69) is 13.3 Å². The summed E-state index contributed by atoms with van der Waals surface area (Å²) in [5, 5.41) is 11.0. The van der Waals surface area contributed by atoms with Gasteiger partial charge < -0.3 is 0 Å². The topological polar surface area (TPSA) is 92.2 Å². The summed E-state index contributed by atoms with van der Waals surface area (Å²) in [6.45, 7) is 0. The molecule has 7 heteroatoms. The molecule has 1 aromatic carbocycles. The zero-order valence-electron chi connectivity index (χ0n) is 8.01. The molecule has 0 atom stereocenters. The van der Waals surface area contributed by atoms with Crippen LogP contribution in [-0.4, -0.2) is 39.9 Å². The van der Waals surface area contributed by atoms with Crippen molar-refractivity contribution in [2.24, 2.45) is 0 Å². The molecule has 0 fully saturated rings. The van der Waals surface area contributed by atoms with Crippen molar-refractivity contribution < 1.29 is 14.7 Å². The van der Waals surface area contributed by atoms with E-state index in [0.29, 0.717) is 11.2 Å². The Morgan fingerprint density at radius 2 is 2.19 bits per heavy atom. The van der Waals surface area contributed by atoms with Gasteiger partial charge in [0.2, 0.25) is 0 Å². The summed E-state index contributed by atoms with van der Waals surface area (Å²) in [5.41, 5.74) is 1.90. The molecule has 0 bridgehead atoms. The van der Waals surface area contributed by atoms with Crippen LogP contribution in [-0.2, 0) is 9.59 Å². The van der Waals surface area contributed by atoms with Crippen LogP contribution in [0.25, 0.3) is 11.0 Å². The van der Waals surface area contributed by atoms with Gasteiger partial charge in [-0.15, -0.1) is 0 Å². The van der Waals surface area contributed by atoms with Crippen LogP contribution in [0.15, 0.2) is 18.2 Å². The number of hydrogen-bond acceptors (Lipinski definition) is 4. The van der Waals surface area contributed by atoms with E-state index in [-0.39, 0.29) is 15.0 Å². The van der Waals surface area contributed by atoms with E-state index < -0.39 is 18.3 Å². The summed E-state index contributed by atoms with van der Waals surface area (Å²) in [6.07, 6.45) is -0.550. The molecule has 2 N–H and O–H groups in total. The van der Waals surface area contributed by atoms with Gasteiger partial charge in [0.25, 0.3) is 0 Å². The van der Waals surface area contributed by atoms with Crippen LogP contribution in [0.1, 0.15) is 6.42 Å². The molecule has 6 nitrogen and oxygen atoms in total. The third-order valence-electron chi connectivity index (χ3n) is 1.87. The molecule has 0 aliphatic rings. The number of nitrogens with zero attached hydrogens (tertiary/aromatic N) is 2. The zero-order chi connectivity index (χ0) is 11.5. The van der Waals surface area contributed by atoms with Crippen molar-refractivity contribution in [3.05, 3.63) is 18.2 Å². The molecule has 1 heterocycles. The normalized spacial score (nSPS) is 10.2. The first-order chi connectivity index (χ1) is 7.66. The van der Waals surface area contributed by atoms with Gasteiger partial charge >= 0.3 is 96.2 Å². The molecule has 0 saturated carbocycles. The van der Waals surface area contributed by atoms with E-state index in [4.69, 9.17) is 5.11 Å². The summed E-state index contributed by atoms with van der Waals surface area (Å²) in [4.78, 5) is 21.6. The van der Waals surface area contributed by atoms with Crippen LogP contribution >= 0.6 is 0 Å². The molecule has 0 unspecified atom stereocenters. The molecule has 2 rings (SSSR count). The average Bonchev–Trinajstić information content (AvgIpc) is 2.65. The van der Waals surface area contributed by atoms with Gasteiger partial charge in [0.1, 0.15) is 0 Å². The summed E-state index contributed by atoms with van der Waals surface area (Å²) in [7, 11) is 0. The zero-order valence-corrected chi connectivity index (χ0v) is 9.72. The van der Waals surface area contributed by atoms with Crippen LogP contribution in [0, 0.1) is 0 Å². The molecule has 0 aliphatic heterocycles. The number of benzene rings is 1. The Hall–Kier alpha value is -1.72. The maximum atomic E-state index is 11.3. The van der Waals surface area contributed by atoms with Gasteiger partial charge in [0, 0.05) is 0 Å². The number of carboxylic acid groups (broad SMARTS) is 1. The third kappa shape index (κ3) is 2.26. The predicted molar refractivity (Wildman–Crippen MR) is 57.4 cm³/mol. The van der Waals surface area contributed by atoms with Crippen molar-refractivity contribution in [1.29, 1.82) is 0 Å². The SMILES string of the molecule is O=C(O)CC(=O)Nc1cccc2n[se]nc12. The van der Waals surface area contributed by atoms with Gasteiger partial charge in [-0.05, 0) is 0 Å². The number of aromatic nitrogens is 2. The Bertz CT molecular complexity index is 552. The first kappa shape index (κ1) is 10.8. The van der Waals surface area contributed by atoms with Gasteiger partial charge in [0.15, 0.2) is 0 Å². The van der Waals surface area contributed by atoms with Gasteiger partial charge in [-0.1, -0.05) is 0 Å². The van der Waals surface area contributed by atoms with E-state index in [1.165, 1.54) is 0 Å². The second-order valence-electron chi connectivity index (χ2n) is 3.06. The van der Waals surface area contributed by atoms with Crippen molar-refractivity contribution in [3.8, 4) is 0 Å². The Balaban J connectivity index is 2.24. The fourth-order valence-corrected chi connectivity index (χ4v) is 2.39. The fourth-order valence-electron chi connectivity index (χ4n) is 1.24. The monoisotopic (exact) mass is 285 g/mol. The van der Waals surface area contributed by atoms with Crippen molar-refractivity contribution in [2.75, 3.05) is 5.32 Å². The number of anilines is 1. The van der Waals surface area contributed by atoms with E-state index in [1.807, 2.05) is 0 Å². The first-order valence-corrected chi connectivity index (χ1v) is 5.93. The molecular weight excluding hydrogens is 277 g/mol. The summed E-state index contributed by atoms with van der Waals surface area (Å²) in [5.74, 6) is -1.72. The maximum absolute atomic E-state index is 11.3. The van der Waals surface area contributed by atoms with Crippen LogP contribution in [0.2, 0.25) is 0 Å². The first-order valence-electron chi connectivity index (χ1n) is 4.40. The van der Waals surface area contributed by atoms with Crippen LogP contribution < -0.4 is 5.32 Å². The molecule has 1 amide bonds. The van der Waals surface area contributed by atoms with E-state index in [9.17, 15) is 9.59 Å². The number of aliphatic carboxylic acids is 1. The molecule has 0 aliphatic carbocycles. The summed E-state index contributed by atoms with van der Waals surface area (Å²) >= 11 is -0.171. The molecule has 0 spiro atoms. The van der Waals surface area contributed by atoms with Gasteiger partial charge in [-0.25, -0.2) is 0 Å².